The summed E-state index contributed by atoms with van der Waals surface area (Å²) in [7, 11) is 3.34. The highest BCUT2D eigenvalue weighted by molar-refractivity contribution is 5.59. The predicted molar refractivity (Wildman–Crippen MR) is 78.0 cm³/mol. The lowest BCUT2D eigenvalue weighted by Gasteiger charge is -2.26. The summed E-state index contributed by atoms with van der Waals surface area (Å²) in [5.41, 5.74) is 6.95. The molecular formula is C15H24N2O2. The van der Waals surface area contributed by atoms with Gasteiger partial charge in [0, 0.05) is 18.7 Å². The molecule has 0 amide bonds. The minimum atomic E-state index is 0.409. The van der Waals surface area contributed by atoms with Crippen LogP contribution in [0.1, 0.15) is 25.7 Å². The van der Waals surface area contributed by atoms with Crippen LogP contribution in [0.4, 0.5) is 5.69 Å². The summed E-state index contributed by atoms with van der Waals surface area (Å²) in [5, 5.41) is 3.48. The van der Waals surface area contributed by atoms with Crippen molar-refractivity contribution in [1.82, 2.24) is 0 Å². The summed E-state index contributed by atoms with van der Waals surface area (Å²) in [6.07, 6.45) is 4.72. The van der Waals surface area contributed by atoms with Crippen molar-refractivity contribution >= 4 is 5.69 Å². The van der Waals surface area contributed by atoms with Gasteiger partial charge in [-0.2, -0.15) is 0 Å². The molecule has 0 aromatic heterocycles. The number of nitrogens with one attached hydrogen (secondary N) is 1. The highest BCUT2D eigenvalue weighted by Gasteiger charge is 2.18. The van der Waals surface area contributed by atoms with Crippen LogP contribution < -0.4 is 20.5 Å². The van der Waals surface area contributed by atoms with Crippen LogP contribution in [0.2, 0.25) is 0 Å². The van der Waals surface area contributed by atoms with Crippen LogP contribution in [0.5, 0.6) is 11.5 Å². The Morgan fingerprint density at radius 1 is 1.16 bits per heavy atom. The minimum Gasteiger partial charge on any atom is -0.497 e. The van der Waals surface area contributed by atoms with Gasteiger partial charge in [-0.15, -0.1) is 0 Å². The molecule has 0 atom stereocenters. The first kappa shape index (κ1) is 14.0. The van der Waals surface area contributed by atoms with Gasteiger partial charge in [-0.05, 0) is 43.7 Å². The highest BCUT2D eigenvalue weighted by Crippen LogP contribution is 2.30. The fraction of sp³-hybridized carbons (Fsp3) is 0.600. The molecule has 0 aliphatic heterocycles. The van der Waals surface area contributed by atoms with Crippen LogP contribution in [0, 0.1) is 5.92 Å². The summed E-state index contributed by atoms with van der Waals surface area (Å²) in [5.74, 6) is 2.35. The van der Waals surface area contributed by atoms with E-state index in [2.05, 4.69) is 5.32 Å². The number of rotatable bonds is 5. The Balaban J connectivity index is 1.91. The van der Waals surface area contributed by atoms with Crippen LogP contribution in [-0.4, -0.2) is 26.8 Å². The molecule has 0 spiro atoms. The topological polar surface area (TPSA) is 56.5 Å². The fourth-order valence-electron chi connectivity index (χ4n) is 2.59. The molecular weight excluding hydrogens is 240 g/mol. The Kier molecular flexibility index (Phi) is 4.91. The maximum absolute atomic E-state index is 5.93. The molecule has 0 radical (unpaired) electrons. The SMILES string of the molecule is COc1ccc(NCC2CCC(N)CC2)c(OC)c1. The first-order valence-electron chi connectivity index (χ1n) is 6.94. The van der Waals surface area contributed by atoms with Gasteiger partial charge in [-0.3, -0.25) is 0 Å². The summed E-state index contributed by atoms with van der Waals surface area (Å²) in [4.78, 5) is 0. The fourth-order valence-corrected chi connectivity index (χ4v) is 2.59. The van der Waals surface area contributed by atoms with E-state index in [1.54, 1.807) is 14.2 Å². The second kappa shape index (κ2) is 6.66. The maximum Gasteiger partial charge on any atom is 0.145 e. The smallest absolute Gasteiger partial charge is 0.145 e. The first-order chi connectivity index (χ1) is 9.22. The molecule has 1 saturated carbocycles. The van der Waals surface area contributed by atoms with E-state index in [4.69, 9.17) is 15.2 Å². The number of hydrogen-bond acceptors (Lipinski definition) is 4. The summed E-state index contributed by atoms with van der Waals surface area (Å²) < 4.78 is 10.6. The summed E-state index contributed by atoms with van der Waals surface area (Å²) in [6.45, 7) is 0.982. The van der Waals surface area contributed by atoms with Gasteiger partial charge in [0.15, 0.2) is 0 Å². The molecule has 2 rings (SSSR count). The molecule has 106 valence electrons. The largest absolute Gasteiger partial charge is 0.497 e. The Morgan fingerprint density at radius 2 is 1.89 bits per heavy atom. The van der Waals surface area contributed by atoms with E-state index < -0.39 is 0 Å². The lowest BCUT2D eigenvalue weighted by Crippen LogP contribution is -2.29. The van der Waals surface area contributed by atoms with E-state index in [0.717, 1.165) is 36.6 Å². The van der Waals surface area contributed by atoms with Crippen molar-refractivity contribution in [3.05, 3.63) is 18.2 Å². The van der Waals surface area contributed by atoms with E-state index in [1.807, 2.05) is 18.2 Å². The highest BCUT2D eigenvalue weighted by atomic mass is 16.5. The van der Waals surface area contributed by atoms with Crippen LogP contribution in [-0.2, 0) is 0 Å². The van der Waals surface area contributed by atoms with E-state index in [1.165, 1.54) is 12.8 Å². The third kappa shape index (κ3) is 3.77. The van der Waals surface area contributed by atoms with Crippen LogP contribution in [0.15, 0.2) is 18.2 Å². The molecule has 3 N–H and O–H groups in total. The molecule has 1 aliphatic rings. The zero-order valence-electron chi connectivity index (χ0n) is 11.8. The Hall–Kier alpha value is -1.42. The van der Waals surface area contributed by atoms with E-state index in [9.17, 15) is 0 Å². The molecule has 1 aliphatic carbocycles. The number of anilines is 1. The third-order valence-electron chi connectivity index (χ3n) is 3.88. The minimum absolute atomic E-state index is 0.409. The van der Waals surface area contributed by atoms with Crippen molar-refractivity contribution in [2.75, 3.05) is 26.1 Å². The number of nitrogens with two attached hydrogens (primary N) is 1. The molecule has 4 nitrogen and oxygen atoms in total. The van der Waals surface area contributed by atoms with Gasteiger partial charge < -0.3 is 20.5 Å². The number of ether oxygens (including phenoxy) is 2. The molecule has 0 heterocycles. The predicted octanol–water partition coefficient (Wildman–Crippen LogP) is 2.63. The van der Waals surface area contributed by atoms with E-state index >= 15 is 0 Å². The monoisotopic (exact) mass is 264 g/mol. The van der Waals surface area contributed by atoms with Crippen LogP contribution in [0.25, 0.3) is 0 Å². The average molecular weight is 264 g/mol. The molecule has 4 heteroatoms. The third-order valence-corrected chi connectivity index (χ3v) is 3.88. The lowest BCUT2D eigenvalue weighted by atomic mass is 9.86. The Morgan fingerprint density at radius 3 is 2.53 bits per heavy atom. The zero-order chi connectivity index (χ0) is 13.7. The van der Waals surface area contributed by atoms with Gasteiger partial charge in [0.2, 0.25) is 0 Å². The van der Waals surface area contributed by atoms with Gasteiger partial charge in [0.05, 0.1) is 19.9 Å². The van der Waals surface area contributed by atoms with Gasteiger partial charge >= 0.3 is 0 Å². The number of hydrogen-bond donors (Lipinski definition) is 2. The second-order valence-electron chi connectivity index (χ2n) is 5.23. The van der Waals surface area contributed by atoms with Crippen molar-refractivity contribution in [2.24, 2.45) is 11.7 Å². The molecule has 0 unspecified atom stereocenters. The molecule has 0 saturated heterocycles. The molecule has 1 aromatic carbocycles. The normalized spacial score (nSPS) is 22.9. The van der Waals surface area contributed by atoms with Crippen molar-refractivity contribution < 1.29 is 9.47 Å². The zero-order valence-corrected chi connectivity index (χ0v) is 11.8. The van der Waals surface area contributed by atoms with Crippen LogP contribution >= 0.6 is 0 Å². The van der Waals surface area contributed by atoms with Crippen molar-refractivity contribution in [2.45, 2.75) is 31.7 Å². The Labute approximate surface area is 115 Å². The van der Waals surface area contributed by atoms with Crippen molar-refractivity contribution in [3.8, 4) is 11.5 Å². The maximum atomic E-state index is 5.93. The number of benzene rings is 1. The lowest BCUT2D eigenvalue weighted by molar-refractivity contribution is 0.338. The van der Waals surface area contributed by atoms with Gasteiger partial charge in [-0.1, -0.05) is 0 Å². The second-order valence-corrected chi connectivity index (χ2v) is 5.23. The summed E-state index contributed by atoms with van der Waals surface area (Å²) >= 11 is 0. The van der Waals surface area contributed by atoms with Crippen molar-refractivity contribution in [3.63, 3.8) is 0 Å². The quantitative estimate of drug-likeness (QED) is 0.858. The van der Waals surface area contributed by atoms with Gasteiger partial charge in [0.25, 0.3) is 0 Å². The standard InChI is InChI=1S/C15H24N2O2/c1-18-13-7-8-14(15(9-13)19-2)17-10-11-3-5-12(16)6-4-11/h7-9,11-12,17H,3-6,10,16H2,1-2H3. The molecule has 1 fully saturated rings. The summed E-state index contributed by atoms with van der Waals surface area (Å²) in [6, 6.07) is 6.26. The molecule has 0 bridgehead atoms. The van der Waals surface area contributed by atoms with Gasteiger partial charge in [-0.25, -0.2) is 0 Å². The Bertz CT molecular complexity index is 401. The molecule has 1 aromatic rings. The van der Waals surface area contributed by atoms with Crippen molar-refractivity contribution in [1.29, 1.82) is 0 Å². The van der Waals surface area contributed by atoms with Crippen LogP contribution in [0.3, 0.4) is 0 Å². The first-order valence-corrected chi connectivity index (χ1v) is 6.94. The number of methoxy groups -OCH3 is 2. The molecule has 19 heavy (non-hydrogen) atoms. The van der Waals surface area contributed by atoms with E-state index in [-0.39, 0.29) is 0 Å². The van der Waals surface area contributed by atoms with E-state index in [0.29, 0.717) is 12.0 Å². The average Bonchev–Trinajstić information content (AvgIpc) is 2.46. The van der Waals surface area contributed by atoms with Gasteiger partial charge in [0.1, 0.15) is 11.5 Å².